The van der Waals surface area contributed by atoms with Crippen LogP contribution in [0.3, 0.4) is 0 Å². The van der Waals surface area contributed by atoms with Crippen molar-refractivity contribution in [2.75, 3.05) is 7.11 Å². The van der Waals surface area contributed by atoms with Crippen molar-refractivity contribution in [1.82, 2.24) is 5.48 Å². The van der Waals surface area contributed by atoms with Crippen molar-refractivity contribution in [3.63, 3.8) is 0 Å². The van der Waals surface area contributed by atoms with Crippen LogP contribution in [0.5, 0.6) is 0 Å². The summed E-state index contributed by atoms with van der Waals surface area (Å²) in [6, 6.07) is 8.24. The third-order valence-electron chi connectivity index (χ3n) is 1.84. The molecule has 1 aromatic rings. The predicted molar refractivity (Wildman–Crippen MR) is 55.0 cm³/mol. The maximum Gasteiger partial charge on any atom is 0.0572 e. The molecule has 0 unspecified atom stereocenters. The molecule has 0 spiro atoms. The first-order valence-corrected chi connectivity index (χ1v) is 4.24. The highest BCUT2D eigenvalue weighted by Crippen LogP contribution is 2.12. The molecule has 0 aliphatic heterocycles. The summed E-state index contributed by atoms with van der Waals surface area (Å²) in [6.07, 6.45) is 0. The summed E-state index contributed by atoms with van der Waals surface area (Å²) in [5.41, 5.74) is 6.26. The minimum absolute atomic E-state index is 0.720. The first-order chi connectivity index (χ1) is 6.24. The van der Waals surface area contributed by atoms with Gasteiger partial charge in [-0.25, -0.2) is 0 Å². The fourth-order valence-corrected chi connectivity index (χ4v) is 1.10. The fraction of sp³-hybridized carbons (Fsp3) is 0.273. The molecule has 70 valence electrons. The molecule has 0 saturated heterocycles. The number of hydroxylamine groups is 1. The summed E-state index contributed by atoms with van der Waals surface area (Å²) in [6.45, 7) is 6.62. The Kier molecular flexibility index (Phi) is 3.68. The van der Waals surface area contributed by atoms with Gasteiger partial charge < -0.3 is 4.84 Å². The number of allylic oxidation sites excluding steroid dienone is 1. The third-order valence-corrected chi connectivity index (χ3v) is 1.84. The maximum atomic E-state index is 4.77. The summed E-state index contributed by atoms with van der Waals surface area (Å²) in [5.74, 6) is 0. The second-order valence-corrected chi connectivity index (χ2v) is 3.01. The molecule has 0 bridgehead atoms. The Bertz CT molecular complexity index is 294. The quantitative estimate of drug-likeness (QED) is 0.713. The van der Waals surface area contributed by atoms with Gasteiger partial charge in [0, 0.05) is 6.54 Å². The van der Waals surface area contributed by atoms with Gasteiger partial charge >= 0.3 is 0 Å². The van der Waals surface area contributed by atoms with Crippen molar-refractivity contribution in [3.8, 4) is 0 Å². The number of nitrogens with one attached hydrogen (secondary N) is 1. The van der Waals surface area contributed by atoms with Gasteiger partial charge in [0.05, 0.1) is 7.11 Å². The predicted octanol–water partition coefficient (Wildman–Crippen LogP) is 2.37. The zero-order valence-corrected chi connectivity index (χ0v) is 8.13. The zero-order valence-electron chi connectivity index (χ0n) is 8.13. The second kappa shape index (κ2) is 4.80. The van der Waals surface area contributed by atoms with Gasteiger partial charge in [-0.15, -0.1) is 0 Å². The van der Waals surface area contributed by atoms with Crippen LogP contribution in [-0.4, -0.2) is 7.11 Å². The molecule has 0 amide bonds. The average Bonchev–Trinajstić information content (AvgIpc) is 2.15. The Balaban J connectivity index is 2.73. The van der Waals surface area contributed by atoms with Gasteiger partial charge in [0.15, 0.2) is 0 Å². The molecule has 0 aromatic heterocycles. The number of rotatable bonds is 4. The summed E-state index contributed by atoms with van der Waals surface area (Å²) in [5, 5.41) is 0. The van der Waals surface area contributed by atoms with Crippen LogP contribution >= 0.6 is 0 Å². The number of benzene rings is 1. The van der Waals surface area contributed by atoms with Crippen LogP contribution in [0.4, 0.5) is 0 Å². The highest BCUT2D eigenvalue weighted by Gasteiger charge is 1.95. The first kappa shape index (κ1) is 9.96. The van der Waals surface area contributed by atoms with Gasteiger partial charge in [0.1, 0.15) is 0 Å². The molecule has 2 nitrogen and oxygen atoms in total. The second-order valence-electron chi connectivity index (χ2n) is 3.01. The standard InChI is InChI=1S/C11H15NO/c1-9(2)11-6-4-5-10(7-11)8-12-13-3/h4-7,12H,1,8H2,2-3H3. The Morgan fingerprint density at radius 2 is 2.31 bits per heavy atom. The average molecular weight is 177 g/mol. The Hall–Kier alpha value is -1.12. The lowest BCUT2D eigenvalue weighted by molar-refractivity contribution is 0.0867. The van der Waals surface area contributed by atoms with Crippen molar-refractivity contribution < 1.29 is 4.84 Å². The topological polar surface area (TPSA) is 21.3 Å². The van der Waals surface area contributed by atoms with Crippen LogP contribution in [0.1, 0.15) is 18.1 Å². The molecule has 2 heteroatoms. The maximum absolute atomic E-state index is 4.77. The van der Waals surface area contributed by atoms with Gasteiger partial charge in [0.25, 0.3) is 0 Å². The Morgan fingerprint density at radius 3 is 2.92 bits per heavy atom. The Morgan fingerprint density at radius 1 is 1.54 bits per heavy atom. The first-order valence-electron chi connectivity index (χ1n) is 4.24. The van der Waals surface area contributed by atoms with Gasteiger partial charge in [-0.05, 0) is 18.1 Å². The summed E-state index contributed by atoms with van der Waals surface area (Å²) in [4.78, 5) is 4.77. The monoisotopic (exact) mass is 177 g/mol. The highest BCUT2D eigenvalue weighted by molar-refractivity contribution is 5.61. The van der Waals surface area contributed by atoms with Crippen LogP contribution in [0.25, 0.3) is 5.57 Å². The lowest BCUT2D eigenvalue weighted by atomic mass is 10.1. The minimum atomic E-state index is 0.720. The highest BCUT2D eigenvalue weighted by atomic mass is 16.6. The molecule has 0 aliphatic carbocycles. The lowest BCUT2D eigenvalue weighted by Gasteiger charge is -2.04. The third kappa shape index (κ3) is 3.01. The summed E-state index contributed by atoms with van der Waals surface area (Å²) < 4.78 is 0. The Labute approximate surface area is 79.2 Å². The molecule has 0 aliphatic rings. The van der Waals surface area contributed by atoms with Crippen LogP contribution in [0.15, 0.2) is 30.8 Å². The van der Waals surface area contributed by atoms with E-state index in [0.29, 0.717) is 0 Å². The van der Waals surface area contributed by atoms with E-state index in [1.165, 1.54) is 11.1 Å². The largest absolute Gasteiger partial charge is 0.305 e. The molecule has 1 aromatic carbocycles. The van der Waals surface area contributed by atoms with Crippen molar-refractivity contribution in [1.29, 1.82) is 0 Å². The lowest BCUT2D eigenvalue weighted by Crippen LogP contribution is -2.10. The van der Waals surface area contributed by atoms with E-state index in [1.54, 1.807) is 7.11 Å². The smallest absolute Gasteiger partial charge is 0.0572 e. The van der Waals surface area contributed by atoms with E-state index in [0.717, 1.165) is 12.1 Å². The van der Waals surface area contributed by atoms with Gasteiger partial charge in [0.2, 0.25) is 0 Å². The van der Waals surface area contributed by atoms with E-state index in [4.69, 9.17) is 4.84 Å². The van der Waals surface area contributed by atoms with E-state index in [9.17, 15) is 0 Å². The number of hydrogen-bond acceptors (Lipinski definition) is 2. The van der Waals surface area contributed by atoms with E-state index in [1.807, 2.05) is 13.0 Å². The van der Waals surface area contributed by atoms with Crippen molar-refractivity contribution in [2.45, 2.75) is 13.5 Å². The van der Waals surface area contributed by atoms with Gasteiger partial charge in [-0.1, -0.05) is 36.4 Å². The van der Waals surface area contributed by atoms with Crippen LogP contribution in [0, 0.1) is 0 Å². The van der Waals surface area contributed by atoms with E-state index in [2.05, 4.69) is 30.3 Å². The molecule has 0 saturated carbocycles. The molecule has 0 atom stereocenters. The van der Waals surface area contributed by atoms with E-state index in [-0.39, 0.29) is 0 Å². The van der Waals surface area contributed by atoms with Crippen molar-refractivity contribution in [2.24, 2.45) is 0 Å². The molecule has 1 rings (SSSR count). The number of hydrogen-bond donors (Lipinski definition) is 1. The molecular formula is C11H15NO. The molecule has 13 heavy (non-hydrogen) atoms. The molecule has 0 radical (unpaired) electrons. The fourth-order valence-electron chi connectivity index (χ4n) is 1.10. The van der Waals surface area contributed by atoms with Gasteiger partial charge in [-0.3, -0.25) is 0 Å². The van der Waals surface area contributed by atoms with Crippen LogP contribution < -0.4 is 5.48 Å². The van der Waals surface area contributed by atoms with E-state index >= 15 is 0 Å². The normalized spacial score (nSPS) is 10.0. The minimum Gasteiger partial charge on any atom is -0.305 e. The molecule has 1 N–H and O–H groups in total. The summed E-state index contributed by atoms with van der Waals surface area (Å²) >= 11 is 0. The van der Waals surface area contributed by atoms with Crippen LogP contribution in [0.2, 0.25) is 0 Å². The van der Waals surface area contributed by atoms with Crippen molar-refractivity contribution in [3.05, 3.63) is 42.0 Å². The molecule has 0 heterocycles. The zero-order chi connectivity index (χ0) is 9.68. The molecular weight excluding hydrogens is 162 g/mol. The van der Waals surface area contributed by atoms with Crippen LogP contribution in [-0.2, 0) is 11.4 Å². The van der Waals surface area contributed by atoms with E-state index < -0.39 is 0 Å². The van der Waals surface area contributed by atoms with Crippen molar-refractivity contribution >= 4 is 5.57 Å². The van der Waals surface area contributed by atoms with Gasteiger partial charge in [-0.2, -0.15) is 5.48 Å². The summed E-state index contributed by atoms with van der Waals surface area (Å²) in [7, 11) is 1.61. The SMILES string of the molecule is C=C(C)c1cccc(CNOC)c1. The molecule has 0 fully saturated rings.